The van der Waals surface area contributed by atoms with Gasteiger partial charge < -0.3 is 4.74 Å². The van der Waals surface area contributed by atoms with Crippen LogP contribution in [0.4, 0.5) is 87.8 Å². The zero-order valence-electron chi connectivity index (χ0n) is 31.3. The van der Waals surface area contributed by atoms with E-state index in [-0.39, 0.29) is 16.9 Å². The summed E-state index contributed by atoms with van der Waals surface area (Å²) < 4.78 is 299. The van der Waals surface area contributed by atoms with E-state index in [0.717, 1.165) is 5.75 Å². The first-order valence-electron chi connectivity index (χ1n) is 17.0. The molecule has 0 fully saturated rings. The molecule has 0 bridgehead atoms. The Morgan fingerprint density at radius 2 is 0.656 bits per heavy atom. The number of esters is 1. The van der Waals surface area contributed by atoms with Crippen LogP contribution in [0.15, 0.2) is 59.5 Å². The Balaban J connectivity index is 0.000000337. The number of hydrogen-bond acceptors (Lipinski definition) is 2. The molecule has 6 aromatic rings. The monoisotopic (exact) mass is 952 g/mol. The summed E-state index contributed by atoms with van der Waals surface area (Å²) in [5.41, 5.74) is -13.0. The van der Waals surface area contributed by atoms with Crippen LogP contribution in [0.2, 0.25) is 0 Å². The van der Waals surface area contributed by atoms with E-state index in [1.54, 1.807) is 0 Å². The average molecular weight is 952 g/mol. The topological polar surface area (TPSA) is 26.3 Å². The summed E-state index contributed by atoms with van der Waals surface area (Å²) >= 11 is 0. The quantitative estimate of drug-likeness (QED) is 0.0290. The Morgan fingerprint density at radius 3 is 0.906 bits per heavy atom. The molecule has 338 valence electrons. The third-order valence-electron chi connectivity index (χ3n) is 9.42. The van der Waals surface area contributed by atoms with E-state index in [2.05, 4.69) is 30.5 Å². The molecule has 6 rings (SSSR count). The molecule has 0 aliphatic carbocycles. The number of halogens is 20. The predicted octanol–water partition coefficient (Wildman–Crippen LogP) is 9.27. The Kier molecular flexibility index (Phi) is 14.1. The van der Waals surface area contributed by atoms with E-state index < -0.39 is 144 Å². The molecule has 0 aromatic heterocycles. The van der Waals surface area contributed by atoms with Crippen LogP contribution in [-0.4, -0.2) is 18.4 Å². The maximum Gasteiger partial charge on any atom is 0.308 e. The van der Waals surface area contributed by atoms with Crippen LogP contribution < -0.4 is 26.6 Å². The zero-order chi connectivity index (χ0) is 48.0. The molecule has 24 heteroatoms. The van der Waals surface area contributed by atoms with Gasteiger partial charge in [0.15, 0.2) is 74.7 Å². The smallest absolute Gasteiger partial charge is 0.308 e. The molecule has 0 spiro atoms. The number of hydrogen-bond donors (Lipinski definition) is 0. The van der Waals surface area contributed by atoms with Crippen molar-refractivity contribution in [2.24, 2.45) is 0 Å². The number of benzene rings is 6. The summed E-state index contributed by atoms with van der Waals surface area (Å²) in [7, 11) is 0.154. The van der Waals surface area contributed by atoms with Crippen molar-refractivity contribution >= 4 is 44.9 Å². The second-order valence-corrected chi connectivity index (χ2v) is 15.2. The summed E-state index contributed by atoms with van der Waals surface area (Å²) in [4.78, 5) is 12.1. The molecule has 0 aliphatic heterocycles. The molecule has 0 aliphatic rings. The molecule has 0 N–H and O–H groups in total. The fourth-order valence-electron chi connectivity index (χ4n) is 6.69. The fraction of sp³-hybridized carbons (Fsp3) is 0.0750. The maximum atomic E-state index is 15.4. The number of carbonyl (C=O) groups is 1. The molecular formula is C40H17BF20O2S. The van der Waals surface area contributed by atoms with Crippen molar-refractivity contribution in [1.82, 2.24) is 0 Å². The highest BCUT2D eigenvalue weighted by molar-refractivity contribution is 7.95. The second-order valence-electron chi connectivity index (χ2n) is 13.1. The zero-order valence-corrected chi connectivity index (χ0v) is 32.1. The van der Waals surface area contributed by atoms with Gasteiger partial charge in [-0.1, -0.05) is 30.3 Å². The van der Waals surface area contributed by atoms with E-state index in [0.29, 0.717) is 5.75 Å². The summed E-state index contributed by atoms with van der Waals surface area (Å²) in [5.74, 6) is -70.0. The largest absolute Gasteiger partial charge is 0.427 e. The Bertz CT molecular complexity index is 2440. The molecule has 6 aromatic carbocycles. The molecule has 0 amide bonds. The maximum absolute atomic E-state index is 15.4. The van der Waals surface area contributed by atoms with Gasteiger partial charge in [-0.25, -0.2) is 87.8 Å². The minimum Gasteiger partial charge on any atom is -0.427 e. The third kappa shape index (κ3) is 8.11. The number of ether oxygens (including phenoxy) is 1. The first-order valence-corrected chi connectivity index (χ1v) is 18.8. The van der Waals surface area contributed by atoms with Crippen molar-refractivity contribution in [1.29, 1.82) is 0 Å². The first-order chi connectivity index (χ1) is 29.8. The van der Waals surface area contributed by atoms with E-state index in [1.807, 2.05) is 30.3 Å². The van der Waals surface area contributed by atoms with Gasteiger partial charge in [0.1, 0.15) is 70.4 Å². The lowest BCUT2D eigenvalue weighted by Crippen LogP contribution is -2.81. The first kappa shape index (κ1) is 48.8. The van der Waals surface area contributed by atoms with Crippen molar-refractivity contribution in [3.63, 3.8) is 0 Å². The van der Waals surface area contributed by atoms with Crippen molar-refractivity contribution < 1.29 is 97.3 Å². The highest BCUT2D eigenvalue weighted by atomic mass is 32.2. The summed E-state index contributed by atoms with van der Waals surface area (Å²) in [5, 5.41) is 0. The van der Waals surface area contributed by atoms with E-state index in [1.165, 1.54) is 17.4 Å². The van der Waals surface area contributed by atoms with Gasteiger partial charge in [-0.3, -0.25) is 4.79 Å². The summed E-state index contributed by atoms with van der Waals surface area (Å²) in [6.45, 7) is 1.41. The van der Waals surface area contributed by atoms with Gasteiger partial charge in [0, 0.05) is 23.4 Å². The standard InChI is InChI=1S/C24BF20.C16H17O2S/c26-5-1(6(27)14(35)21(42)13(5)34)25(2-7(28)15(36)22(43)16(37)8(2)29,3-9(30)17(38)23(44)18(39)10(3)31)4-11(32)19(40)24(45)20(41)12(4)33;1-13(17)18-15-8-10-16(11-9-15)19(2)12-14-6-4-3-5-7-14/h;3-11H,12H2,1-2H3/q-1;+1. The van der Waals surface area contributed by atoms with Crippen LogP contribution in [0.3, 0.4) is 0 Å². The molecule has 0 radical (unpaired) electrons. The highest BCUT2D eigenvalue weighted by Crippen LogP contribution is 2.31. The summed E-state index contributed by atoms with van der Waals surface area (Å²) in [6, 6.07) is 18.2. The molecule has 0 heterocycles. The Labute approximate surface area is 348 Å². The molecule has 0 saturated heterocycles. The molecule has 1 atom stereocenters. The number of rotatable bonds is 8. The second kappa shape index (κ2) is 18.5. The molecule has 64 heavy (non-hydrogen) atoms. The van der Waals surface area contributed by atoms with Crippen LogP contribution in [0.5, 0.6) is 5.75 Å². The minimum atomic E-state index is -7.22. The van der Waals surface area contributed by atoms with Crippen molar-refractivity contribution in [3.05, 3.63) is 177 Å². The lowest BCUT2D eigenvalue weighted by molar-refractivity contribution is -0.131. The molecule has 2 nitrogen and oxygen atoms in total. The SMILES string of the molecule is CC(=O)Oc1ccc([S+](C)Cc2ccccc2)cc1.Fc1c(F)c(F)c([B-](c2c(F)c(F)c(F)c(F)c2F)(c2c(F)c(F)c(F)c(F)c2F)c2c(F)c(F)c(F)c(F)c2F)c(F)c1F. The van der Waals surface area contributed by atoms with E-state index >= 15 is 35.1 Å². The summed E-state index contributed by atoms with van der Waals surface area (Å²) in [6.07, 6.45) is -4.99. The Morgan fingerprint density at radius 1 is 0.406 bits per heavy atom. The molecule has 0 saturated carbocycles. The predicted molar refractivity (Wildman–Crippen MR) is 189 cm³/mol. The highest BCUT2D eigenvalue weighted by Gasteiger charge is 2.52. The average Bonchev–Trinajstić information content (AvgIpc) is 3.26. The third-order valence-corrected chi connectivity index (χ3v) is 11.3. The van der Waals surface area contributed by atoms with Crippen LogP contribution in [-0.2, 0) is 21.4 Å². The van der Waals surface area contributed by atoms with Gasteiger partial charge in [0.05, 0.1) is 0 Å². The lowest BCUT2D eigenvalue weighted by Gasteiger charge is -2.44. The normalized spacial score (nSPS) is 12.0. The Hall–Kier alpha value is -6.20. The van der Waals surface area contributed by atoms with Crippen LogP contribution >= 0.6 is 0 Å². The van der Waals surface area contributed by atoms with E-state index in [4.69, 9.17) is 4.74 Å². The van der Waals surface area contributed by atoms with Crippen molar-refractivity contribution in [2.45, 2.75) is 17.6 Å². The number of carbonyl (C=O) groups excluding carboxylic acids is 1. The van der Waals surface area contributed by atoms with Gasteiger partial charge in [-0.2, -0.15) is 0 Å². The van der Waals surface area contributed by atoms with Gasteiger partial charge >= 0.3 is 5.97 Å². The van der Waals surface area contributed by atoms with Gasteiger partial charge in [-0.05, 0) is 24.3 Å². The van der Waals surface area contributed by atoms with Crippen LogP contribution in [0, 0.1) is 116 Å². The van der Waals surface area contributed by atoms with Crippen molar-refractivity contribution in [3.8, 4) is 5.75 Å². The fourth-order valence-corrected chi connectivity index (χ4v) is 8.15. The van der Waals surface area contributed by atoms with E-state index in [9.17, 15) is 57.5 Å². The van der Waals surface area contributed by atoms with Gasteiger partial charge in [0.2, 0.25) is 0 Å². The minimum absolute atomic E-state index is 0.154. The molecule has 1 unspecified atom stereocenters. The van der Waals surface area contributed by atoms with Gasteiger partial charge in [-0.15, -0.1) is 21.9 Å². The van der Waals surface area contributed by atoms with Crippen molar-refractivity contribution in [2.75, 3.05) is 6.26 Å². The van der Waals surface area contributed by atoms with Crippen LogP contribution in [0.25, 0.3) is 0 Å². The molecular weight excluding hydrogens is 935 g/mol. The van der Waals surface area contributed by atoms with Gasteiger partial charge in [0.25, 0.3) is 0 Å². The van der Waals surface area contributed by atoms with Crippen LogP contribution in [0.1, 0.15) is 12.5 Å². The lowest BCUT2D eigenvalue weighted by atomic mass is 9.12.